The number of carbonyl (C=O) groups is 1. The van der Waals surface area contributed by atoms with Crippen molar-refractivity contribution in [1.82, 2.24) is 14.1 Å². The average Bonchev–Trinajstić information content (AvgIpc) is 3.25. The molecule has 9 heteroatoms. The van der Waals surface area contributed by atoms with E-state index in [1.807, 2.05) is 11.8 Å². The quantitative estimate of drug-likeness (QED) is 0.670. The van der Waals surface area contributed by atoms with Gasteiger partial charge in [0.05, 0.1) is 23.0 Å². The summed E-state index contributed by atoms with van der Waals surface area (Å²) in [7, 11) is -1.99. The van der Waals surface area contributed by atoms with E-state index in [0.717, 1.165) is 19.6 Å². The molecule has 3 fully saturated rings. The van der Waals surface area contributed by atoms with Crippen molar-refractivity contribution in [2.75, 3.05) is 53.0 Å². The zero-order chi connectivity index (χ0) is 21.5. The minimum atomic E-state index is -3.67. The Hall–Kier alpha value is -1.55. The van der Waals surface area contributed by atoms with Gasteiger partial charge >= 0.3 is 0 Å². The smallest absolute Gasteiger partial charge is 0.243 e. The van der Waals surface area contributed by atoms with Crippen LogP contribution in [0.2, 0.25) is 0 Å². The van der Waals surface area contributed by atoms with Gasteiger partial charge in [0.15, 0.2) is 0 Å². The van der Waals surface area contributed by atoms with Crippen LogP contribution < -0.4 is 0 Å². The number of sulfonamides is 1. The van der Waals surface area contributed by atoms with Gasteiger partial charge in [0, 0.05) is 52.3 Å². The predicted molar refractivity (Wildman–Crippen MR) is 110 cm³/mol. The molecule has 0 N–H and O–H groups in total. The lowest BCUT2D eigenvalue weighted by atomic mass is 9.75. The van der Waals surface area contributed by atoms with E-state index >= 15 is 0 Å². The maximum absolute atomic E-state index is 13.2. The summed E-state index contributed by atoms with van der Waals surface area (Å²) in [6.45, 7) is 6.44. The zero-order valence-corrected chi connectivity index (χ0v) is 18.4. The van der Waals surface area contributed by atoms with E-state index in [2.05, 4.69) is 4.90 Å². The third-order valence-corrected chi connectivity index (χ3v) is 9.09. The molecule has 0 unspecified atom stereocenters. The van der Waals surface area contributed by atoms with Gasteiger partial charge in [-0.1, -0.05) is 0 Å². The molecule has 0 saturated carbocycles. The Kier molecular flexibility index (Phi) is 5.91. The van der Waals surface area contributed by atoms with Gasteiger partial charge in [-0.15, -0.1) is 0 Å². The number of carbonyl (C=O) groups excluding carboxylic acids is 1. The fraction of sp³-hybridized carbons (Fsp3) is 0.667. The second-order valence-electron chi connectivity index (χ2n) is 8.51. The Morgan fingerprint density at radius 3 is 2.43 bits per heavy atom. The molecule has 166 valence electrons. The van der Waals surface area contributed by atoms with Gasteiger partial charge in [0.25, 0.3) is 0 Å². The van der Waals surface area contributed by atoms with Crippen LogP contribution in [0.1, 0.15) is 19.8 Å². The number of piperidine rings is 1. The highest BCUT2D eigenvalue weighted by molar-refractivity contribution is 7.89. The number of nitrogens with zero attached hydrogens (tertiary/aromatic N) is 3. The number of benzene rings is 1. The molecule has 3 aliphatic rings. The monoisotopic (exact) mass is 439 g/mol. The first-order valence-electron chi connectivity index (χ1n) is 10.6. The second-order valence-corrected chi connectivity index (χ2v) is 10.4. The molecule has 1 spiro atoms. The van der Waals surface area contributed by atoms with E-state index in [1.54, 1.807) is 7.11 Å². The topological polar surface area (TPSA) is 70.2 Å². The van der Waals surface area contributed by atoms with Crippen molar-refractivity contribution in [2.45, 2.75) is 30.2 Å². The normalized spacial score (nSPS) is 27.2. The van der Waals surface area contributed by atoms with Crippen molar-refractivity contribution in [1.29, 1.82) is 0 Å². The van der Waals surface area contributed by atoms with E-state index in [1.165, 1.54) is 28.6 Å². The first-order valence-corrected chi connectivity index (χ1v) is 12.1. The number of methoxy groups -OCH3 is 1. The van der Waals surface area contributed by atoms with Crippen molar-refractivity contribution in [3.63, 3.8) is 0 Å². The Bertz CT molecular complexity index is 884. The van der Waals surface area contributed by atoms with Crippen LogP contribution in [-0.4, -0.2) is 87.0 Å². The Balaban J connectivity index is 1.53. The van der Waals surface area contributed by atoms with Crippen LogP contribution in [0.15, 0.2) is 29.2 Å². The molecule has 4 rings (SSSR count). The van der Waals surface area contributed by atoms with Gasteiger partial charge in [0.2, 0.25) is 15.9 Å². The molecule has 0 aromatic heterocycles. The van der Waals surface area contributed by atoms with Crippen molar-refractivity contribution in [2.24, 2.45) is 11.8 Å². The highest BCUT2D eigenvalue weighted by Crippen LogP contribution is 2.49. The SMILES string of the molecule is CCN1C(=O)[C@@H]2CN(CCOC)C[C@@H]2C12CCN(S(=O)(=O)c1ccc(F)cc1)CC2. The molecule has 3 heterocycles. The summed E-state index contributed by atoms with van der Waals surface area (Å²) >= 11 is 0. The lowest BCUT2D eigenvalue weighted by Gasteiger charge is -2.47. The number of hydrogen-bond acceptors (Lipinski definition) is 5. The lowest BCUT2D eigenvalue weighted by molar-refractivity contribution is -0.135. The molecule has 0 aliphatic carbocycles. The van der Waals surface area contributed by atoms with Gasteiger partial charge in [-0.05, 0) is 44.0 Å². The average molecular weight is 440 g/mol. The molecule has 0 radical (unpaired) electrons. The summed E-state index contributed by atoms with van der Waals surface area (Å²) in [5.74, 6) is -0.0447. The molecule has 3 aliphatic heterocycles. The van der Waals surface area contributed by atoms with Gasteiger partial charge < -0.3 is 9.64 Å². The summed E-state index contributed by atoms with van der Waals surface area (Å²) < 4.78 is 45.9. The van der Waals surface area contributed by atoms with Crippen LogP contribution in [0.25, 0.3) is 0 Å². The standard InChI is InChI=1S/C21H30FN3O4S/c1-3-25-20(26)18-14-23(12-13-29-2)15-19(18)21(25)8-10-24(11-9-21)30(27,28)17-6-4-16(22)5-7-17/h4-7,18-19H,3,8-15H2,1-2H3/t18-,19+/m1/s1. The molecule has 7 nitrogen and oxygen atoms in total. The molecule has 2 atom stereocenters. The molecule has 3 saturated heterocycles. The van der Waals surface area contributed by atoms with Crippen LogP contribution in [0.4, 0.5) is 4.39 Å². The first kappa shape index (κ1) is 21.7. The van der Waals surface area contributed by atoms with Crippen molar-refractivity contribution >= 4 is 15.9 Å². The van der Waals surface area contributed by atoms with Crippen LogP contribution >= 0.6 is 0 Å². The minimum absolute atomic E-state index is 0.0120. The van der Waals surface area contributed by atoms with Crippen molar-refractivity contribution in [3.8, 4) is 0 Å². The van der Waals surface area contributed by atoms with Crippen LogP contribution in [0.5, 0.6) is 0 Å². The number of rotatable bonds is 6. The Morgan fingerprint density at radius 1 is 1.17 bits per heavy atom. The highest BCUT2D eigenvalue weighted by atomic mass is 32.2. The number of halogens is 1. The van der Waals surface area contributed by atoms with E-state index < -0.39 is 15.8 Å². The van der Waals surface area contributed by atoms with Crippen LogP contribution in [0.3, 0.4) is 0 Å². The van der Waals surface area contributed by atoms with E-state index in [0.29, 0.717) is 39.1 Å². The van der Waals surface area contributed by atoms with Crippen LogP contribution in [-0.2, 0) is 19.6 Å². The number of likely N-dealkylation sites (tertiary alicyclic amines) is 2. The zero-order valence-electron chi connectivity index (χ0n) is 17.6. The Morgan fingerprint density at radius 2 is 1.83 bits per heavy atom. The maximum Gasteiger partial charge on any atom is 0.243 e. The summed E-state index contributed by atoms with van der Waals surface area (Å²) in [6.07, 6.45) is 1.26. The van der Waals surface area contributed by atoms with Gasteiger partial charge in [-0.25, -0.2) is 12.8 Å². The fourth-order valence-corrected chi connectivity index (χ4v) is 7.13. The van der Waals surface area contributed by atoms with Gasteiger partial charge in [-0.3, -0.25) is 9.69 Å². The van der Waals surface area contributed by atoms with Gasteiger partial charge in [0.1, 0.15) is 5.82 Å². The minimum Gasteiger partial charge on any atom is -0.383 e. The summed E-state index contributed by atoms with van der Waals surface area (Å²) in [6, 6.07) is 4.97. The van der Waals surface area contributed by atoms with E-state index in [4.69, 9.17) is 4.74 Å². The predicted octanol–water partition coefficient (Wildman–Crippen LogP) is 1.41. The molecular formula is C21H30FN3O4S. The highest BCUT2D eigenvalue weighted by Gasteiger charge is 2.61. The third kappa shape index (κ3) is 3.45. The lowest BCUT2D eigenvalue weighted by Crippen LogP contribution is -2.57. The van der Waals surface area contributed by atoms with E-state index in [-0.39, 0.29) is 28.2 Å². The summed E-state index contributed by atoms with van der Waals surface area (Å²) in [5.41, 5.74) is -0.285. The molecule has 1 aromatic rings. The van der Waals surface area contributed by atoms with Crippen LogP contribution in [0, 0.1) is 17.7 Å². The number of fused-ring (bicyclic) bond motifs is 2. The number of amides is 1. The molecule has 30 heavy (non-hydrogen) atoms. The van der Waals surface area contributed by atoms with Gasteiger partial charge in [-0.2, -0.15) is 4.31 Å². The molecule has 0 bridgehead atoms. The number of hydrogen-bond donors (Lipinski definition) is 0. The largest absolute Gasteiger partial charge is 0.383 e. The molecular weight excluding hydrogens is 409 g/mol. The number of ether oxygens (including phenoxy) is 1. The van der Waals surface area contributed by atoms with Crippen molar-refractivity contribution < 1.29 is 22.3 Å². The van der Waals surface area contributed by atoms with E-state index in [9.17, 15) is 17.6 Å². The Labute approximate surface area is 177 Å². The molecule has 1 aromatic carbocycles. The fourth-order valence-electron chi connectivity index (χ4n) is 5.68. The second kappa shape index (κ2) is 8.18. The van der Waals surface area contributed by atoms with Crippen molar-refractivity contribution in [3.05, 3.63) is 30.1 Å². The summed E-state index contributed by atoms with van der Waals surface area (Å²) in [5, 5.41) is 0. The first-order chi connectivity index (χ1) is 14.3. The summed E-state index contributed by atoms with van der Waals surface area (Å²) in [4.78, 5) is 17.6. The molecule has 1 amide bonds. The maximum atomic E-state index is 13.2. The third-order valence-electron chi connectivity index (χ3n) is 7.17.